The maximum Gasteiger partial charge on any atom is 0.235 e. The van der Waals surface area contributed by atoms with Gasteiger partial charge in [0, 0.05) is 13.0 Å². The monoisotopic (exact) mass is 635 g/mol. The Balaban J connectivity index is 1.22. The Hall–Kier alpha value is -4.76. The van der Waals surface area contributed by atoms with Crippen molar-refractivity contribution in [1.82, 2.24) is 5.32 Å². The summed E-state index contributed by atoms with van der Waals surface area (Å²) in [6, 6.07) is 49.4. The lowest BCUT2D eigenvalue weighted by molar-refractivity contribution is -0.127. The molecule has 5 rings (SSSR count). The number of carbonyl (C=O) groups is 2. The Labute approximate surface area is 287 Å². The third-order valence-corrected chi connectivity index (χ3v) is 10.0. The van der Waals surface area contributed by atoms with E-state index in [2.05, 4.69) is 106 Å². The van der Waals surface area contributed by atoms with Gasteiger partial charge in [-0.05, 0) is 64.5 Å². The molecule has 0 aromatic heterocycles. The van der Waals surface area contributed by atoms with E-state index < -0.39 is 10.8 Å². The molecule has 3 nitrogen and oxygen atoms in total. The van der Waals surface area contributed by atoms with E-state index in [0.29, 0.717) is 13.0 Å². The summed E-state index contributed by atoms with van der Waals surface area (Å²) in [6.45, 7) is 9.11. The van der Waals surface area contributed by atoms with E-state index in [-0.39, 0.29) is 23.5 Å². The van der Waals surface area contributed by atoms with Crippen LogP contribution >= 0.6 is 0 Å². The number of Topliss-reactive ketones (excluding diaryl/α,β-unsaturated/α-hetero) is 1. The maximum atomic E-state index is 14.2. The smallest absolute Gasteiger partial charge is 0.235 e. The molecule has 0 saturated carbocycles. The Kier molecular flexibility index (Phi) is 11.4. The second-order valence-corrected chi connectivity index (χ2v) is 13.5. The van der Waals surface area contributed by atoms with Crippen molar-refractivity contribution in [2.45, 2.75) is 64.2 Å². The average Bonchev–Trinajstić information content (AvgIpc) is 3.11. The third kappa shape index (κ3) is 7.06. The maximum absolute atomic E-state index is 14.2. The normalized spacial score (nSPS) is 11.9. The van der Waals surface area contributed by atoms with Crippen LogP contribution in [0.3, 0.4) is 0 Å². The van der Waals surface area contributed by atoms with Crippen LogP contribution in [0, 0.1) is 11.8 Å². The van der Waals surface area contributed by atoms with Gasteiger partial charge in [-0.2, -0.15) is 0 Å². The zero-order chi connectivity index (χ0) is 34.0. The fraction of sp³-hybridized carbons (Fsp3) is 0.289. The highest BCUT2D eigenvalue weighted by atomic mass is 16.2. The van der Waals surface area contributed by atoms with Gasteiger partial charge in [0.2, 0.25) is 5.91 Å². The van der Waals surface area contributed by atoms with Crippen LogP contribution in [0.5, 0.6) is 0 Å². The Bertz CT molecular complexity index is 1520. The molecule has 0 bridgehead atoms. The number of amides is 1. The van der Waals surface area contributed by atoms with Crippen LogP contribution in [0.4, 0.5) is 0 Å². The molecule has 0 aliphatic heterocycles. The van der Waals surface area contributed by atoms with Gasteiger partial charge in [-0.3, -0.25) is 9.59 Å². The van der Waals surface area contributed by atoms with Crippen LogP contribution in [-0.4, -0.2) is 18.2 Å². The van der Waals surface area contributed by atoms with E-state index in [1.54, 1.807) is 0 Å². The highest BCUT2D eigenvalue weighted by Crippen LogP contribution is 2.42. The number of aryl methyl sites for hydroxylation is 1. The number of ketones is 1. The molecular weight excluding hydrogens is 587 g/mol. The summed E-state index contributed by atoms with van der Waals surface area (Å²) in [7, 11) is 0. The number of benzene rings is 5. The molecule has 0 spiro atoms. The van der Waals surface area contributed by atoms with E-state index in [0.717, 1.165) is 41.5 Å². The Morgan fingerprint density at radius 1 is 0.500 bits per heavy atom. The summed E-state index contributed by atoms with van der Waals surface area (Å²) in [5, 5.41) is 3.29. The second-order valence-electron chi connectivity index (χ2n) is 13.5. The van der Waals surface area contributed by atoms with Gasteiger partial charge in [0.1, 0.15) is 11.2 Å². The van der Waals surface area contributed by atoms with E-state index in [1.165, 1.54) is 11.1 Å². The molecule has 246 valence electrons. The molecule has 0 fully saturated rings. The van der Waals surface area contributed by atoms with Crippen molar-refractivity contribution in [1.29, 1.82) is 0 Å². The van der Waals surface area contributed by atoms with Gasteiger partial charge in [-0.25, -0.2) is 0 Å². The van der Waals surface area contributed by atoms with Crippen LogP contribution in [0.1, 0.15) is 73.9 Å². The zero-order valence-electron chi connectivity index (χ0n) is 28.9. The number of carbonyl (C=O) groups excluding carboxylic acids is 2. The number of hydrogen-bond donors (Lipinski definition) is 1. The van der Waals surface area contributed by atoms with Crippen molar-refractivity contribution in [3.63, 3.8) is 0 Å². The molecule has 5 aromatic carbocycles. The van der Waals surface area contributed by atoms with Crippen LogP contribution in [-0.2, 0) is 33.3 Å². The lowest BCUT2D eigenvalue weighted by Gasteiger charge is -2.37. The number of rotatable bonds is 15. The van der Waals surface area contributed by atoms with Crippen LogP contribution in [0.15, 0.2) is 146 Å². The van der Waals surface area contributed by atoms with Gasteiger partial charge in [0.25, 0.3) is 0 Å². The minimum atomic E-state index is -0.780. The molecule has 0 unspecified atom stereocenters. The summed E-state index contributed by atoms with van der Waals surface area (Å²) in [5.41, 5.74) is 5.07. The second kappa shape index (κ2) is 15.9. The predicted octanol–water partition coefficient (Wildman–Crippen LogP) is 9.52. The molecule has 3 heteroatoms. The average molecular weight is 636 g/mol. The van der Waals surface area contributed by atoms with Gasteiger partial charge in [0.15, 0.2) is 0 Å². The number of nitrogens with one attached hydrogen (secondary N) is 1. The fourth-order valence-electron chi connectivity index (χ4n) is 7.62. The first kappa shape index (κ1) is 34.6. The first-order valence-corrected chi connectivity index (χ1v) is 17.4. The fourth-order valence-corrected chi connectivity index (χ4v) is 7.62. The van der Waals surface area contributed by atoms with Crippen molar-refractivity contribution in [2.24, 2.45) is 11.8 Å². The quantitative estimate of drug-likeness (QED) is 0.125. The molecule has 0 atom stereocenters. The molecular formula is C45H49NO2. The molecule has 0 saturated heterocycles. The van der Waals surface area contributed by atoms with E-state index in [1.807, 2.05) is 72.8 Å². The van der Waals surface area contributed by atoms with E-state index >= 15 is 0 Å². The molecule has 5 aromatic rings. The summed E-state index contributed by atoms with van der Waals surface area (Å²) >= 11 is 0. The first-order chi connectivity index (χ1) is 23.3. The van der Waals surface area contributed by atoms with Crippen LogP contribution in [0.2, 0.25) is 0 Å². The van der Waals surface area contributed by atoms with Crippen molar-refractivity contribution in [2.75, 3.05) is 6.54 Å². The molecule has 0 aliphatic rings. The third-order valence-electron chi connectivity index (χ3n) is 10.0. The molecule has 48 heavy (non-hydrogen) atoms. The van der Waals surface area contributed by atoms with E-state index in [9.17, 15) is 9.59 Å². The van der Waals surface area contributed by atoms with Crippen LogP contribution in [0.25, 0.3) is 0 Å². The highest BCUT2D eigenvalue weighted by molar-refractivity contribution is 5.94. The Morgan fingerprint density at radius 2 is 0.854 bits per heavy atom. The summed E-state index contributed by atoms with van der Waals surface area (Å²) < 4.78 is 0. The van der Waals surface area contributed by atoms with Gasteiger partial charge >= 0.3 is 0 Å². The highest BCUT2D eigenvalue weighted by Gasteiger charge is 2.45. The lowest BCUT2D eigenvalue weighted by atomic mass is 9.63. The molecule has 1 N–H and O–H groups in total. The molecule has 0 aliphatic carbocycles. The van der Waals surface area contributed by atoms with Gasteiger partial charge < -0.3 is 5.32 Å². The van der Waals surface area contributed by atoms with Gasteiger partial charge in [-0.1, -0.05) is 173 Å². The van der Waals surface area contributed by atoms with Crippen LogP contribution < -0.4 is 5.32 Å². The largest absolute Gasteiger partial charge is 0.355 e. The summed E-state index contributed by atoms with van der Waals surface area (Å²) in [4.78, 5) is 28.3. The minimum absolute atomic E-state index is 0.0275. The molecule has 0 heterocycles. The van der Waals surface area contributed by atoms with Crippen molar-refractivity contribution in [3.05, 3.63) is 179 Å². The molecule has 0 radical (unpaired) electrons. The van der Waals surface area contributed by atoms with Crippen molar-refractivity contribution < 1.29 is 9.59 Å². The van der Waals surface area contributed by atoms with Crippen molar-refractivity contribution in [3.8, 4) is 0 Å². The first-order valence-electron chi connectivity index (χ1n) is 17.4. The Morgan fingerprint density at radius 3 is 1.23 bits per heavy atom. The van der Waals surface area contributed by atoms with E-state index in [4.69, 9.17) is 0 Å². The summed E-state index contributed by atoms with van der Waals surface area (Å²) in [6.07, 6.45) is 2.88. The molecule has 1 amide bonds. The predicted molar refractivity (Wildman–Crippen MR) is 198 cm³/mol. The van der Waals surface area contributed by atoms with Gasteiger partial charge in [0.05, 0.1) is 5.41 Å². The SMILES string of the molecule is CC(C)C(C(=O)CCCc1ccc(CCNC(=O)C(c2ccccc2)(c2ccccc2)C(C)C)cc1)(c1ccccc1)c1ccccc1. The van der Waals surface area contributed by atoms with Gasteiger partial charge in [-0.15, -0.1) is 0 Å². The topological polar surface area (TPSA) is 46.2 Å². The lowest BCUT2D eigenvalue weighted by Crippen LogP contribution is -2.49. The zero-order valence-corrected chi connectivity index (χ0v) is 28.9. The minimum Gasteiger partial charge on any atom is -0.355 e. The number of hydrogen-bond acceptors (Lipinski definition) is 2. The standard InChI is InChI=1S/C45H49NO2/c1-34(2)44(38-19-9-5-10-20-38,39-21-11-6-12-22-39)42(47)27-17-18-36-28-30-37(31-29-36)32-33-46-43(48)45(35(3)4,40-23-13-7-14-24-40)41-25-15-8-16-26-41/h5-16,19-26,28-31,34-35H,17-18,27,32-33H2,1-4H3,(H,46,48). The summed E-state index contributed by atoms with van der Waals surface area (Å²) in [5.74, 6) is 0.464. The van der Waals surface area contributed by atoms with Crippen molar-refractivity contribution >= 4 is 11.7 Å².